The highest BCUT2D eigenvalue weighted by atomic mass is 15.1. The third-order valence-electron chi connectivity index (χ3n) is 1.35. The van der Waals surface area contributed by atoms with Gasteiger partial charge in [0.25, 0.3) is 0 Å². The summed E-state index contributed by atoms with van der Waals surface area (Å²) in [5.41, 5.74) is 11.5. The van der Waals surface area contributed by atoms with Crippen molar-refractivity contribution in [2.24, 2.45) is 11.5 Å². The smallest absolute Gasteiger partial charge is 0.190 e. The lowest BCUT2D eigenvalue weighted by atomic mass is 10.3. The highest BCUT2D eigenvalue weighted by Crippen LogP contribution is 2.13. The Labute approximate surface area is 81.3 Å². The number of guanidine groups is 2. The number of hydrogen-bond acceptors (Lipinski definition) is 2. The van der Waals surface area contributed by atoms with E-state index in [2.05, 4.69) is 16.7 Å². The SMILES string of the molecule is N=C(N)Nc1[c]ccc(NC(=N)N)c1. The van der Waals surface area contributed by atoms with Crippen LogP contribution in [-0.2, 0) is 0 Å². The van der Waals surface area contributed by atoms with Crippen molar-refractivity contribution >= 4 is 23.3 Å². The first-order valence-corrected chi connectivity index (χ1v) is 3.82. The molecule has 0 atom stereocenters. The zero-order chi connectivity index (χ0) is 10.6. The lowest BCUT2D eigenvalue weighted by Crippen LogP contribution is -2.22. The van der Waals surface area contributed by atoms with Crippen LogP contribution in [0.5, 0.6) is 0 Å². The molecular formula is C8H11N6. The van der Waals surface area contributed by atoms with Gasteiger partial charge in [-0.1, -0.05) is 6.07 Å². The Morgan fingerprint density at radius 2 is 1.86 bits per heavy atom. The van der Waals surface area contributed by atoms with Crippen LogP contribution in [0.4, 0.5) is 11.4 Å². The van der Waals surface area contributed by atoms with Crippen molar-refractivity contribution in [3.63, 3.8) is 0 Å². The van der Waals surface area contributed by atoms with Gasteiger partial charge < -0.3 is 22.1 Å². The molecule has 0 saturated carbocycles. The van der Waals surface area contributed by atoms with Crippen LogP contribution >= 0.6 is 0 Å². The number of nitrogens with two attached hydrogens (primary N) is 2. The van der Waals surface area contributed by atoms with Gasteiger partial charge in [-0.2, -0.15) is 0 Å². The van der Waals surface area contributed by atoms with Gasteiger partial charge in [-0.15, -0.1) is 0 Å². The molecule has 0 spiro atoms. The van der Waals surface area contributed by atoms with Crippen molar-refractivity contribution in [2.45, 2.75) is 0 Å². The summed E-state index contributed by atoms with van der Waals surface area (Å²) in [5, 5.41) is 19.2. The molecule has 1 radical (unpaired) electrons. The minimum atomic E-state index is -0.166. The highest BCUT2D eigenvalue weighted by Gasteiger charge is 1.96. The Balaban J connectivity index is 2.78. The van der Waals surface area contributed by atoms with Gasteiger partial charge in [-0.25, -0.2) is 0 Å². The molecule has 8 N–H and O–H groups in total. The molecule has 0 aliphatic rings. The van der Waals surface area contributed by atoms with Gasteiger partial charge >= 0.3 is 0 Å². The Hall–Kier alpha value is -2.24. The lowest BCUT2D eigenvalue weighted by molar-refractivity contribution is 1.40. The van der Waals surface area contributed by atoms with Crippen LogP contribution in [0.3, 0.4) is 0 Å². The van der Waals surface area contributed by atoms with Crippen molar-refractivity contribution in [2.75, 3.05) is 10.6 Å². The van der Waals surface area contributed by atoms with Gasteiger partial charge in [0.1, 0.15) is 0 Å². The topological polar surface area (TPSA) is 124 Å². The second-order valence-corrected chi connectivity index (χ2v) is 2.57. The summed E-state index contributed by atoms with van der Waals surface area (Å²) in [6.45, 7) is 0. The largest absolute Gasteiger partial charge is 0.370 e. The fraction of sp³-hybridized carbons (Fsp3) is 0. The molecular weight excluding hydrogens is 180 g/mol. The maximum absolute atomic E-state index is 7.01. The van der Waals surface area contributed by atoms with Gasteiger partial charge in [0.15, 0.2) is 11.9 Å². The molecule has 0 aliphatic carbocycles. The molecule has 14 heavy (non-hydrogen) atoms. The van der Waals surface area contributed by atoms with E-state index in [0.29, 0.717) is 11.4 Å². The molecule has 0 aliphatic heterocycles. The number of benzene rings is 1. The molecule has 0 bridgehead atoms. The van der Waals surface area contributed by atoms with Crippen LogP contribution < -0.4 is 22.1 Å². The highest BCUT2D eigenvalue weighted by molar-refractivity contribution is 5.93. The van der Waals surface area contributed by atoms with Gasteiger partial charge in [-0.3, -0.25) is 10.8 Å². The lowest BCUT2D eigenvalue weighted by Gasteiger charge is -2.06. The standard InChI is InChI=1S/C8H11N6/c9-7(10)13-5-2-1-3-6(4-5)14-8(11)12/h1-2,4H,(H4,9,10,13)(H4,11,12,14). The first-order valence-electron chi connectivity index (χ1n) is 3.82. The fourth-order valence-electron chi connectivity index (χ4n) is 0.917. The van der Waals surface area contributed by atoms with E-state index in [4.69, 9.17) is 22.3 Å². The molecule has 0 fully saturated rings. The van der Waals surface area contributed by atoms with Crippen LogP contribution in [0, 0.1) is 16.9 Å². The van der Waals surface area contributed by atoms with Crippen molar-refractivity contribution in [1.29, 1.82) is 10.8 Å². The fourth-order valence-corrected chi connectivity index (χ4v) is 0.917. The molecule has 1 aromatic carbocycles. The van der Waals surface area contributed by atoms with Crippen LogP contribution in [-0.4, -0.2) is 11.9 Å². The molecule has 0 unspecified atom stereocenters. The number of rotatable bonds is 2. The normalized spacial score (nSPS) is 9.14. The van der Waals surface area contributed by atoms with E-state index in [9.17, 15) is 0 Å². The quantitative estimate of drug-likeness (QED) is 0.293. The number of hydrogen-bond donors (Lipinski definition) is 6. The Morgan fingerprint density at radius 3 is 2.43 bits per heavy atom. The summed E-state index contributed by atoms with van der Waals surface area (Å²) in [6, 6.07) is 7.81. The van der Waals surface area contributed by atoms with Crippen LogP contribution in [0.2, 0.25) is 0 Å². The number of anilines is 2. The maximum Gasteiger partial charge on any atom is 0.190 e. The Morgan fingerprint density at radius 1 is 1.21 bits per heavy atom. The average Bonchev–Trinajstić information content (AvgIpc) is 2.01. The minimum absolute atomic E-state index is 0.148. The first-order chi connectivity index (χ1) is 6.58. The van der Waals surface area contributed by atoms with E-state index in [1.807, 2.05) is 0 Å². The van der Waals surface area contributed by atoms with Crippen molar-refractivity contribution in [1.82, 2.24) is 0 Å². The van der Waals surface area contributed by atoms with E-state index in [1.54, 1.807) is 18.2 Å². The Kier molecular flexibility index (Phi) is 2.90. The molecule has 1 aromatic rings. The molecule has 6 heteroatoms. The molecule has 0 aromatic heterocycles. The summed E-state index contributed by atoms with van der Waals surface area (Å²) in [7, 11) is 0. The summed E-state index contributed by atoms with van der Waals surface area (Å²) < 4.78 is 0. The van der Waals surface area contributed by atoms with Crippen LogP contribution in [0.25, 0.3) is 0 Å². The van der Waals surface area contributed by atoms with Crippen molar-refractivity contribution in [3.8, 4) is 0 Å². The molecule has 0 amide bonds. The third kappa shape index (κ3) is 3.02. The summed E-state index contributed by atoms with van der Waals surface area (Å²) in [5.74, 6) is -0.314. The molecule has 0 heterocycles. The van der Waals surface area contributed by atoms with Crippen molar-refractivity contribution < 1.29 is 0 Å². The molecule has 6 nitrogen and oxygen atoms in total. The molecule has 1 rings (SSSR count). The second-order valence-electron chi connectivity index (χ2n) is 2.57. The van der Waals surface area contributed by atoms with Gasteiger partial charge in [0.2, 0.25) is 0 Å². The average molecular weight is 191 g/mol. The Bertz CT molecular complexity index is 327. The van der Waals surface area contributed by atoms with Gasteiger partial charge in [-0.05, 0) is 12.1 Å². The van der Waals surface area contributed by atoms with E-state index in [1.165, 1.54) is 0 Å². The number of nitrogens with one attached hydrogen (secondary N) is 4. The molecule has 0 saturated heterocycles. The predicted molar refractivity (Wildman–Crippen MR) is 56.4 cm³/mol. The van der Waals surface area contributed by atoms with Gasteiger partial charge in [0, 0.05) is 11.8 Å². The third-order valence-corrected chi connectivity index (χ3v) is 1.35. The van der Waals surface area contributed by atoms with Crippen molar-refractivity contribution in [3.05, 3.63) is 24.3 Å². The first kappa shape index (κ1) is 9.85. The monoisotopic (exact) mass is 191 g/mol. The van der Waals surface area contributed by atoms with E-state index in [-0.39, 0.29) is 11.9 Å². The molecule has 73 valence electrons. The van der Waals surface area contributed by atoms with Crippen LogP contribution in [0.15, 0.2) is 18.2 Å². The summed E-state index contributed by atoms with van der Waals surface area (Å²) in [4.78, 5) is 0. The maximum atomic E-state index is 7.01. The summed E-state index contributed by atoms with van der Waals surface area (Å²) in [6.07, 6.45) is 0. The predicted octanol–water partition coefficient (Wildman–Crippen LogP) is 0.0975. The van der Waals surface area contributed by atoms with E-state index >= 15 is 0 Å². The zero-order valence-electron chi connectivity index (χ0n) is 7.39. The van der Waals surface area contributed by atoms with E-state index < -0.39 is 0 Å². The minimum Gasteiger partial charge on any atom is -0.370 e. The van der Waals surface area contributed by atoms with Gasteiger partial charge in [0.05, 0.1) is 5.69 Å². The zero-order valence-corrected chi connectivity index (χ0v) is 7.39. The second kappa shape index (κ2) is 4.13. The van der Waals surface area contributed by atoms with Crippen LogP contribution in [0.1, 0.15) is 0 Å². The van der Waals surface area contributed by atoms with E-state index in [0.717, 1.165) is 0 Å². The summed E-state index contributed by atoms with van der Waals surface area (Å²) >= 11 is 0.